The summed E-state index contributed by atoms with van der Waals surface area (Å²) in [6.45, 7) is 0.0649. The predicted octanol–water partition coefficient (Wildman–Crippen LogP) is 2.74. The molecule has 0 atom stereocenters. The van der Waals surface area contributed by atoms with Crippen LogP contribution in [0.1, 0.15) is 5.56 Å². The van der Waals surface area contributed by atoms with Gasteiger partial charge < -0.3 is 0 Å². The summed E-state index contributed by atoms with van der Waals surface area (Å²) in [5.41, 5.74) is -0.0203. The molecular formula is C11H7Cl2FN2O. The van der Waals surface area contributed by atoms with Gasteiger partial charge in [0.15, 0.2) is 0 Å². The van der Waals surface area contributed by atoms with Gasteiger partial charge in [-0.2, -0.15) is 0 Å². The Morgan fingerprint density at radius 2 is 2.12 bits per heavy atom. The fourth-order valence-corrected chi connectivity index (χ4v) is 1.71. The highest BCUT2D eigenvalue weighted by molar-refractivity contribution is 6.30. The zero-order valence-electron chi connectivity index (χ0n) is 8.53. The number of benzene rings is 1. The van der Waals surface area contributed by atoms with E-state index in [4.69, 9.17) is 23.2 Å². The minimum Gasteiger partial charge on any atom is -0.295 e. The van der Waals surface area contributed by atoms with Gasteiger partial charge in [-0.3, -0.25) is 9.36 Å². The van der Waals surface area contributed by atoms with Crippen LogP contribution in [0.15, 0.2) is 35.4 Å². The number of halogens is 3. The molecule has 0 spiro atoms. The normalized spacial score (nSPS) is 10.5. The second kappa shape index (κ2) is 4.85. The number of nitrogens with zero attached hydrogens (tertiary/aromatic N) is 2. The number of rotatable bonds is 2. The molecule has 0 saturated heterocycles. The van der Waals surface area contributed by atoms with Crippen molar-refractivity contribution in [2.75, 3.05) is 0 Å². The van der Waals surface area contributed by atoms with E-state index in [9.17, 15) is 9.18 Å². The largest absolute Gasteiger partial charge is 0.295 e. The van der Waals surface area contributed by atoms with E-state index in [1.807, 2.05) is 0 Å². The summed E-state index contributed by atoms with van der Waals surface area (Å²) in [5.74, 6) is -0.531. The smallest absolute Gasteiger partial charge is 0.255 e. The molecule has 88 valence electrons. The lowest BCUT2D eigenvalue weighted by Gasteiger charge is -2.06. The standard InChI is InChI=1S/C11H7Cl2FN2O/c12-8-3-1-2-7(11(8)14)5-16-6-15-9(13)4-10(16)17/h1-4,6H,5H2. The first-order valence-corrected chi connectivity index (χ1v) is 5.48. The Kier molecular flexibility index (Phi) is 3.45. The lowest BCUT2D eigenvalue weighted by Crippen LogP contribution is -2.20. The van der Waals surface area contributed by atoms with Crippen molar-refractivity contribution in [3.63, 3.8) is 0 Å². The maximum Gasteiger partial charge on any atom is 0.255 e. The van der Waals surface area contributed by atoms with Crippen molar-refractivity contribution < 1.29 is 4.39 Å². The topological polar surface area (TPSA) is 34.9 Å². The van der Waals surface area contributed by atoms with Gasteiger partial charge in [0.2, 0.25) is 0 Å². The first-order chi connectivity index (χ1) is 8.08. The summed E-state index contributed by atoms with van der Waals surface area (Å²) in [6.07, 6.45) is 1.27. The molecule has 0 aliphatic carbocycles. The number of hydrogen-bond acceptors (Lipinski definition) is 2. The van der Waals surface area contributed by atoms with Crippen LogP contribution >= 0.6 is 23.2 Å². The van der Waals surface area contributed by atoms with Gasteiger partial charge in [0.05, 0.1) is 17.9 Å². The molecule has 0 aliphatic rings. The van der Waals surface area contributed by atoms with Crippen LogP contribution in [-0.4, -0.2) is 9.55 Å². The molecule has 0 radical (unpaired) electrons. The van der Waals surface area contributed by atoms with Crippen molar-refractivity contribution in [2.24, 2.45) is 0 Å². The average molecular weight is 273 g/mol. The molecule has 0 aliphatic heterocycles. The fraction of sp³-hybridized carbons (Fsp3) is 0.0909. The van der Waals surface area contributed by atoms with Crippen molar-refractivity contribution in [3.05, 3.63) is 62.5 Å². The van der Waals surface area contributed by atoms with Gasteiger partial charge in [0.1, 0.15) is 11.0 Å². The second-order valence-electron chi connectivity index (χ2n) is 3.39. The van der Waals surface area contributed by atoms with E-state index in [2.05, 4.69) is 4.98 Å². The average Bonchev–Trinajstić information content (AvgIpc) is 2.28. The molecule has 0 bridgehead atoms. The highest BCUT2D eigenvalue weighted by Gasteiger charge is 2.07. The van der Waals surface area contributed by atoms with E-state index in [1.165, 1.54) is 23.0 Å². The van der Waals surface area contributed by atoms with Gasteiger partial charge in [0.25, 0.3) is 5.56 Å². The molecule has 0 amide bonds. The van der Waals surface area contributed by atoms with E-state index in [1.54, 1.807) is 12.1 Å². The van der Waals surface area contributed by atoms with E-state index >= 15 is 0 Å². The number of aromatic nitrogens is 2. The molecular weight excluding hydrogens is 266 g/mol. The highest BCUT2D eigenvalue weighted by atomic mass is 35.5. The van der Waals surface area contributed by atoms with Gasteiger partial charge in [-0.15, -0.1) is 0 Å². The molecule has 1 aromatic carbocycles. The van der Waals surface area contributed by atoms with Gasteiger partial charge >= 0.3 is 0 Å². The Labute approximate surface area is 106 Å². The van der Waals surface area contributed by atoms with Crippen LogP contribution < -0.4 is 5.56 Å². The predicted molar refractivity (Wildman–Crippen MR) is 64.0 cm³/mol. The molecule has 0 saturated carbocycles. The third-order valence-corrected chi connectivity index (χ3v) is 2.72. The van der Waals surface area contributed by atoms with Gasteiger partial charge in [-0.05, 0) is 6.07 Å². The molecule has 3 nitrogen and oxygen atoms in total. The third-order valence-electron chi connectivity index (χ3n) is 2.22. The lowest BCUT2D eigenvalue weighted by atomic mass is 10.2. The van der Waals surface area contributed by atoms with Gasteiger partial charge in [-0.1, -0.05) is 35.3 Å². The molecule has 1 aromatic heterocycles. The Morgan fingerprint density at radius 3 is 2.82 bits per heavy atom. The number of hydrogen-bond donors (Lipinski definition) is 0. The minimum atomic E-state index is -0.531. The monoisotopic (exact) mass is 272 g/mol. The zero-order valence-corrected chi connectivity index (χ0v) is 10.0. The molecule has 0 N–H and O–H groups in total. The van der Waals surface area contributed by atoms with Crippen LogP contribution in [0.25, 0.3) is 0 Å². The summed E-state index contributed by atoms with van der Waals surface area (Å²) in [4.78, 5) is 15.3. The Balaban J connectivity index is 2.38. The van der Waals surface area contributed by atoms with Crippen LogP contribution in [0.5, 0.6) is 0 Å². The summed E-state index contributed by atoms with van der Waals surface area (Å²) in [6, 6.07) is 5.80. The molecule has 2 aromatic rings. The van der Waals surface area contributed by atoms with Crippen LogP contribution in [0.3, 0.4) is 0 Å². The summed E-state index contributed by atoms with van der Waals surface area (Å²) < 4.78 is 14.9. The summed E-state index contributed by atoms with van der Waals surface area (Å²) in [7, 11) is 0. The fourth-order valence-electron chi connectivity index (χ4n) is 1.38. The van der Waals surface area contributed by atoms with E-state index in [0.29, 0.717) is 5.56 Å². The molecule has 0 fully saturated rings. The van der Waals surface area contributed by atoms with Crippen molar-refractivity contribution in [1.29, 1.82) is 0 Å². The van der Waals surface area contributed by atoms with Gasteiger partial charge in [-0.25, -0.2) is 9.37 Å². The van der Waals surface area contributed by atoms with E-state index in [0.717, 1.165) is 0 Å². The van der Waals surface area contributed by atoms with E-state index in [-0.39, 0.29) is 22.3 Å². The molecule has 6 heteroatoms. The minimum absolute atomic E-state index is 0.0254. The summed E-state index contributed by atoms with van der Waals surface area (Å²) in [5, 5.41) is 0.135. The molecule has 0 unspecified atom stereocenters. The van der Waals surface area contributed by atoms with Crippen LogP contribution in [0.2, 0.25) is 10.2 Å². The Bertz CT molecular complexity index is 613. The first kappa shape index (κ1) is 12.1. The lowest BCUT2D eigenvalue weighted by molar-refractivity contribution is 0.594. The second-order valence-corrected chi connectivity index (χ2v) is 4.19. The maximum absolute atomic E-state index is 13.6. The quantitative estimate of drug-likeness (QED) is 0.788. The highest BCUT2D eigenvalue weighted by Crippen LogP contribution is 2.18. The van der Waals surface area contributed by atoms with E-state index < -0.39 is 5.82 Å². The SMILES string of the molecule is O=c1cc(Cl)ncn1Cc1cccc(Cl)c1F. The maximum atomic E-state index is 13.6. The van der Waals surface area contributed by atoms with Crippen molar-refractivity contribution >= 4 is 23.2 Å². The van der Waals surface area contributed by atoms with Crippen LogP contribution in [-0.2, 0) is 6.54 Å². The Hall–Kier alpha value is -1.39. The van der Waals surface area contributed by atoms with Crippen LogP contribution in [0.4, 0.5) is 4.39 Å². The van der Waals surface area contributed by atoms with Crippen molar-refractivity contribution in [2.45, 2.75) is 6.54 Å². The van der Waals surface area contributed by atoms with Crippen LogP contribution in [0, 0.1) is 5.82 Å². The van der Waals surface area contributed by atoms with Crippen molar-refractivity contribution in [1.82, 2.24) is 9.55 Å². The van der Waals surface area contributed by atoms with Crippen molar-refractivity contribution in [3.8, 4) is 0 Å². The molecule has 17 heavy (non-hydrogen) atoms. The summed E-state index contributed by atoms with van der Waals surface area (Å²) >= 11 is 11.2. The van der Waals surface area contributed by atoms with Gasteiger partial charge in [0, 0.05) is 11.6 Å². The molecule has 1 heterocycles. The Morgan fingerprint density at radius 1 is 1.35 bits per heavy atom. The molecule has 2 rings (SSSR count). The zero-order chi connectivity index (χ0) is 12.4. The third kappa shape index (κ3) is 2.65. The first-order valence-electron chi connectivity index (χ1n) is 4.73.